The molecule has 1 heterocycles. The number of hydrogen-bond acceptors (Lipinski definition) is 4. The molecule has 1 unspecified atom stereocenters. The number of carboxylic acids is 1. The van der Waals surface area contributed by atoms with Crippen LogP contribution in [0.4, 0.5) is 35.1 Å². The van der Waals surface area contributed by atoms with Gasteiger partial charge in [-0.25, -0.2) is 17.2 Å². The normalized spacial score (nSPS) is 24.9. The molecule has 2 aromatic carbocycles. The summed E-state index contributed by atoms with van der Waals surface area (Å²) in [6, 6.07) is 6.63. The van der Waals surface area contributed by atoms with Crippen molar-refractivity contribution in [2.24, 2.45) is 11.3 Å². The molecule has 2 aromatic rings. The number of sulfone groups is 1. The molecule has 1 atom stereocenters. The molecule has 1 N–H and O–H groups in total. The largest absolute Gasteiger partial charge is 0.481 e. The summed E-state index contributed by atoms with van der Waals surface area (Å²) < 4.78 is 135. The molecular formula is C30H31F8NO5S. The highest BCUT2D eigenvalue weighted by atomic mass is 32.2. The Morgan fingerprint density at radius 1 is 0.933 bits per heavy atom. The van der Waals surface area contributed by atoms with Gasteiger partial charge in [0, 0.05) is 24.1 Å². The fourth-order valence-electron chi connectivity index (χ4n) is 6.55. The lowest BCUT2D eigenvalue weighted by atomic mass is 9.68. The second-order valence-corrected chi connectivity index (χ2v) is 14.0. The molecule has 1 amide bonds. The Kier molecular flexibility index (Phi) is 9.12. The van der Waals surface area contributed by atoms with Crippen LogP contribution in [-0.2, 0) is 36.5 Å². The summed E-state index contributed by atoms with van der Waals surface area (Å²) >= 11 is 0. The van der Waals surface area contributed by atoms with Gasteiger partial charge in [0.2, 0.25) is 5.91 Å². The van der Waals surface area contributed by atoms with E-state index >= 15 is 0 Å². The molecule has 0 radical (unpaired) electrons. The van der Waals surface area contributed by atoms with Crippen LogP contribution in [0.3, 0.4) is 0 Å². The number of rotatable bonds is 8. The number of likely N-dealkylation sites (tertiary alicyclic amines) is 1. The Morgan fingerprint density at radius 2 is 1.51 bits per heavy atom. The molecule has 45 heavy (non-hydrogen) atoms. The standard InChI is InChI=1S/C30H31F8NO5S/c1-2-26(12-10-20(11-13-26)24(40)41)25(42)39-15-14-27(18-39,45(43,44)23-5-3-4-19(16-23)17-31)21-6-8-22(9-7-21)28(32,29(33,34)35)30(36,37)38/h3-9,16,20H,2,10-15,17-18H2,1H3,(H,40,41)/t20-,26-,27?. The van der Waals surface area contributed by atoms with Gasteiger partial charge in [0.05, 0.1) is 10.8 Å². The Morgan fingerprint density at radius 3 is 2.00 bits per heavy atom. The number of halogens is 8. The summed E-state index contributed by atoms with van der Waals surface area (Å²) in [5, 5.41) is 9.39. The summed E-state index contributed by atoms with van der Waals surface area (Å²) in [4.78, 5) is 26.3. The van der Waals surface area contributed by atoms with Crippen molar-refractivity contribution in [3.05, 3.63) is 65.2 Å². The molecule has 1 saturated carbocycles. The number of carbonyl (C=O) groups excluding carboxylic acids is 1. The highest BCUT2D eigenvalue weighted by molar-refractivity contribution is 7.92. The van der Waals surface area contributed by atoms with Crippen molar-refractivity contribution in [1.29, 1.82) is 0 Å². The summed E-state index contributed by atoms with van der Waals surface area (Å²) in [6.45, 7) is 0.00586. The molecule has 15 heteroatoms. The fourth-order valence-corrected chi connectivity index (χ4v) is 8.70. The Balaban J connectivity index is 1.81. The minimum Gasteiger partial charge on any atom is -0.481 e. The van der Waals surface area contributed by atoms with Gasteiger partial charge in [0.25, 0.3) is 0 Å². The number of nitrogens with zero attached hydrogens (tertiary/aromatic N) is 1. The molecule has 6 nitrogen and oxygen atoms in total. The van der Waals surface area contributed by atoms with Crippen LogP contribution >= 0.6 is 0 Å². The lowest BCUT2D eigenvalue weighted by Crippen LogP contribution is -2.50. The van der Waals surface area contributed by atoms with E-state index in [0.29, 0.717) is 18.6 Å². The maximum atomic E-state index is 14.8. The van der Waals surface area contributed by atoms with E-state index in [1.165, 1.54) is 17.0 Å². The van der Waals surface area contributed by atoms with Crippen LogP contribution in [0.25, 0.3) is 0 Å². The van der Waals surface area contributed by atoms with E-state index in [0.717, 1.165) is 12.1 Å². The van der Waals surface area contributed by atoms with E-state index in [-0.39, 0.29) is 66.8 Å². The van der Waals surface area contributed by atoms with Gasteiger partial charge in [0.15, 0.2) is 9.84 Å². The monoisotopic (exact) mass is 669 g/mol. The predicted molar refractivity (Wildman–Crippen MR) is 145 cm³/mol. The molecule has 2 aliphatic rings. The molecule has 248 valence electrons. The van der Waals surface area contributed by atoms with Crippen LogP contribution < -0.4 is 0 Å². The number of hydrogen-bond donors (Lipinski definition) is 1. The second-order valence-electron chi connectivity index (χ2n) is 11.7. The first-order valence-corrected chi connectivity index (χ1v) is 15.6. The van der Waals surface area contributed by atoms with Gasteiger partial charge in [-0.15, -0.1) is 0 Å². The highest BCUT2D eigenvalue weighted by Crippen LogP contribution is 2.54. The van der Waals surface area contributed by atoms with Crippen molar-refractivity contribution in [2.45, 2.75) is 79.8 Å². The lowest BCUT2D eigenvalue weighted by Gasteiger charge is -2.40. The van der Waals surface area contributed by atoms with Gasteiger partial charge in [-0.3, -0.25) is 9.59 Å². The number of carbonyl (C=O) groups is 2. The van der Waals surface area contributed by atoms with Crippen molar-refractivity contribution in [2.75, 3.05) is 13.1 Å². The Hall–Kier alpha value is -3.23. The molecular weight excluding hydrogens is 638 g/mol. The van der Waals surface area contributed by atoms with Crippen LogP contribution in [0.1, 0.15) is 62.1 Å². The third-order valence-corrected chi connectivity index (χ3v) is 11.9. The number of carboxylic acid groups (broad SMARTS) is 1. The van der Waals surface area contributed by atoms with Crippen LogP contribution in [0.15, 0.2) is 53.4 Å². The Bertz CT molecular complexity index is 1520. The van der Waals surface area contributed by atoms with E-state index in [4.69, 9.17) is 0 Å². The minimum atomic E-state index is -6.38. The zero-order valence-corrected chi connectivity index (χ0v) is 24.8. The average Bonchev–Trinajstić information content (AvgIpc) is 3.46. The molecule has 0 spiro atoms. The number of amides is 1. The van der Waals surface area contributed by atoms with Crippen LogP contribution in [0.2, 0.25) is 0 Å². The summed E-state index contributed by atoms with van der Waals surface area (Å²) in [5.74, 6) is -2.09. The highest BCUT2D eigenvalue weighted by Gasteiger charge is 2.73. The van der Waals surface area contributed by atoms with Gasteiger partial charge in [-0.1, -0.05) is 43.3 Å². The van der Waals surface area contributed by atoms with E-state index in [1.54, 1.807) is 6.92 Å². The van der Waals surface area contributed by atoms with Crippen LogP contribution in [-0.4, -0.2) is 55.7 Å². The molecule has 4 rings (SSSR count). The van der Waals surface area contributed by atoms with E-state index < -0.39 is 74.6 Å². The summed E-state index contributed by atoms with van der Waals surface area (Å²) in [6.07, 6.45) is -11.9. The quantitative estimate of drug-likeness (QED) is 0.305. The van der Waals surface area contributed by atoms with Crippen molar-refractivity contribution in [1.82, 2.24) is 4.90 Å². The van der Waals surface area contributed by atoms with Gasteiger partial charge >= 0.3 is 24.0 Å². The molecule has 2 fully saturated rings. The SMILES string of the molecule is CC[C@]1(C(=O)N2CCC(c3ccc(C(F)(C(F)(F)F)C(F)(F)F)cc3)(S(=O)(=O)c3cccc(CF)c3)C2)CC[C@H](C(=O)O)CC1. The Labute approximate surface area is 254 Å². The molecule has 1 aliphatic carbocycles. The first kappa shape index (κ1) is 34.6. The molecule has 0 aromatic heterocycles. The van der Waals surface area contributed by atoms with Crippen molar-refractivity contribution in [3.63, 3.8) is 0 Å². The second kappa shape index (κ2) is 11.8. The van der Waals surface area contributed by atoms with Crippen LogP contribution in [0.5, 0.6) is 0 Å². The zero-order valence-electron chi connectivity index (χ0n) is 24.0. The van der Waals surface area contributed by atoms with E-state index in [1.807, 2.05) is 0 Å². The fraction of sp³-hybridized carbons (Fsp3) is 0.533. The first-order valence-electron chi connectivity index (χ1n) is 14.1. The third kappa shape index (κ3) is 5.69. The number of benzene rings is 2. The first-order chi connectivity index (χ1) is 20.8. The lowest BCUT2D eigenvalue weighted by molar-refractivity contribution is -0.348. The maximum Gasteiger partial charge on any atom is 0.435 e. The molecule has 1 aliphatic heterocycles. The maximum absolute atomic E-state index is 14.8. The van der Waals surface area contributed by atoms with E-state index in [9.17, 15) is 58.2 Å². The topological polar surface area (TPSA) is 91.8 Å². The third-order valence-electron chi connectivity index (χ3n) is 9.41. The smallest absolute Gasteiger partial charge is 0.435 e. The van der Waals surface area contributed by atoms with Crippen molar-refractivity contribution < 1.29 is 58.2 Å². The zero-order chi connectivity index (χ0) is 33.6. The van der Waals surface area contributed by atoms with Gasteiger partial charge in [-0.05, 0) is 61.8 Å². The van der Waals surface area contributed by atoms with Crippen LogP contribution in [0, 0.1) is 11.3 Å². The molecule has 0 bridgehead atoms. The van der Waals surface area contributed by atoms with Gasteiger partial charge in [0.1, 0.15) is 11.4 Å². The average molecular weight is 670 g/mol. The predicted octanol–water partition coefficient (Wildman–Crippen LogP) is 7.02. The minimum absolute atomic E-state index is 0.00908. The van der Waals surface area contributed by atoms with Crippen molar-refractivity contribution in [3.8, 4) is 0 Å². The van der Waals surface area contributed by atoms with Crippen molar-refractivity contribution >= 4 is 21.7 Å². The van der Waals surface area contributed by atoms with Gasteiger partial charge < -0.3 is 10.0 Å². The molecule has 1 saturated heterocycles. The number of aliphatic carboxylic acids is 1. The van der Waals surface area contributed by atoms with Gasteiger partial charge in [-0.2, -0.15) is 26.3 Å². The number of alkyl halides is 8. The van der Waals surface area contributed by atoms with E-state index in [2.05, 4.69) is 0 Å². The summed E-state index contributed by atoms with van der Waals surface area (Å²) in [7, 11) is -4.61. The summed E-state index contributed by atoms with van der Waals surface area (Å²) in [5.41, 5.74) is -8.83.